The lowest BCUT2D eigenvalue weighted by molar-refractivity contribution is -0.192. The number of halogens is 3. The summed E-state index contributed by atoms with van der Waals surface area (Å²) in [6.45, 7) is 5.33. The van der Waals surface area contributed by atoms with Crippen molar-refractivity contribution in [1.29, 1.82) is 0 Å². The highest BCUT2D eigenvalue weighted by molar-refractivity contribution is 5.93. The zero-order valence-corrected chi connectivity index (χ0v) is 18.4. The van der Waals surface area contributed by atoms with Crippen LogP contribution in [0.15, 0.2) is 28.9 Å². The summed E-state index contributed by atoms with van der Waals surface area (Å²) >= 11 is 0. The Balaban J connectivity index is 0.000000383. The monoisotopic (exact) mass is 472 g/mol. The van der Waals surface area contributed by atoms with Gasteiger partial charge in [-0.3, -0.25) is 14.4 Å². The van der Waals surface area contributed by atoms with Crippen molar-refractivity contribution < 1.29 is 37.0 Å². The fraction of sp³-hybridized carbons (Fsp3) is 0.571. The number of nitrogens with zero attached hydrogens (tertiary/aromatic N) is 3. The van der Waals surface area contributed by atoms with Crippen molar-refractivity contribution in [2.45, 2.75) is 50.6 Å². The van der Waals surface area contributed by atoms with E-state index in [0.717, 1.165) is 50.4 Å². The molecular formula is C21H27F3N4O5. The molecule has 2 aromatic rings. The zero-order valence-electron chi connectivity index (χ0n) is 18.4. The SMILES string of the molecule is Cc1ccc(CN2CC[C@@]3(C[C@H](NC(=O)c4cnn(C)c4)CCO3)C2)o1.O=C(O)C(F)(F)F. The third kappa shape index (κ3) is 6.81. The van der Waals surface area contributed by atoms with E-state index in [4.69, 9.17) is 19.1 Å². The Bertz CT molecular complexity index is 973. The minimum atomic E-state index is -5.08. The molecule has 2 atom stereocenters. The first-order valence-electron chi connectivity index (χ1n) is 10.5. The van der Waals surface area contributed by atoms with Gasteiger partial charge in [0.25, 0.3) is 5.91 Å². The molecule has 1 amide bonds. The van der Waals surface area contributed by atoms with Crippen molar-refractivity contribution in [2.75, 3.05) is 19.7 Å². The molecule has 2 fully saturated rings. The summed E-state index contributed by atoms with van der Waals surface area (Å²) in [6, 6.07) is 4.18. The molecule has 1 spiro atoms. The third-order valence-electron chi connectivity index (χ3n) is 5.61. The Morgan fingerprint density at radius 2 is 2.09 bits per heavy atom. The van der Waals surface area contributed by atoms with E-state index in [2.05, 4.69) is 15.3 Å². The van der Waals surface area contributed by atoms with E-state index in [-0.39, 0.29) is 17.6 Å². The molecule has 2 aliphatic rings. The number of rotatable bonds is 4. The highest BCUT2D eigenvalue weighted by Crippen LogP contribution is 2.35. The lowest BCUT2D eigenvalue weighted by Gasteiger charge is -2.38. The van der Waals surface area contributed by atoms with Gasteiger partial charge >= 0.3 is 12.1 Å². The molecule has 0 unspecified atom stereocenters. The van der Waals surface area contributed by atoms with Crippen molar-refractivity contribution in [1.82, 2.24) is 20.0 Å². The quantitative estimate of drug-likeness (QED) is 0.704. The number of hydrogen-bond acceptors (Lipinski definition) is 6. The van der Waals surface area contributed by atoms with E-state index in [9.17, 15) is 18.0 Å². The van der Waals surface area contributed by atoms with Crippen LogP contribution in [0.3, 0.4) is 0 Å². The van der Waals surface area contributed by atoms with Crippen molar-refractivity contribution in [2.24, 2.45) is 7.05 Å². The predicted molar refractivity (Wildman–Crippen MR) is 109 cm³/mol. The first-order chi connectivity index (χ1) is 15.5. The van der Waals surface area contributed by atoms with Gasteiger partial charge in [-0.25, -0.2) is 4.79 Å². The topological polar surface area (TPSA) is 110 Å². The van der Waals surface area contributed by atoms with Crippen LogP contribution in [-0.2, 0) is 23.1 Å². The first-order valence-corrected chi connectivity index (χ1v) is 10.5. The van der Waals surface area contributed by atoms with Crippen molar-refractivity contribution >= 4 is 11.9 Å². The van der Waals surface area contributed by atoms with Crippen molar-refractivity contribution in [3.05, 3.63) is 41.6 Å². The number of furan rings is 1. The zero-order chi connectivity index (χ0) is 24.2. The van der Waals surface area contributed by atoms with Gasteiger partial charge in [-0.1, -0.05) is 0 Å². The summed E-state index contributed by atoms with van der Waals surface area (Å²) in [5.41, 5.74) is 0.446. The Kier molecular flexibility index (Phi) is 7.48. The van der Waals surface area contributed by atoms with E-state index < -0.39 is 12.1 Å². The molecule has 2 aliphatic heterocycles. The molecule has 9 nitrogen and oxygen atoms in total. The minimum Gasteiger partial charge on any atom is -0.475 e. The lowest BCUT2D eigenvalue weighted by Crippen LogP contribution is -2.49. The number of hydrogen-bond donors (Lipinski definition) is 2. The second kappa shape index (κ2) is 9.96. The summed E-state index contributed by atoms with van der Waals surface area (Å²) in [7, 11) is 1.81. The average molecular weight is 472 g/mol. The van der Waals surface area contributed by atoms with Crippen LogP contribution < -0.4 is 5.32 Å². The number of likely N-dealkylation sites (tertiary alicyclic amines) is 1. The standard InChI is InChI=1S/C19H26N4O3.C2HF3O2/c1-14-3-4-17(26-14)12-23-7-6-19(13-23)9-16(5-8-25-19)21-18(24)15-10-20-22(2)11-15;3-2(4,5)1(6)7/h3-4,10-11,16H,5-9,12-13H2,1-2H3,(H,21,24);(H,6,7)/t16-,19-;/m1./s1. The van der Waals surface area contributed by atoms with Gasteiger partial charge in [0.05, 0.1) is 23.9 Å². The van der Waals surface area contributed by atoms with Gasteiger partial charge in [0.15, 0.2) is 0 Å². The second-order valence-electron chi connectivity index (χ2n) is 8.37. The average Bonchev–Trinajstić information content (AvgIpc) is 3.43. The van der Waals surface area contributed by atoms with Crippen LogP contribution in [0.25, 0.3) is 0 Å². The summed E-state index contributed by atoms with van der Waals surface area (Å²) in [6.07, 6.45) is 0.962. The van der Waals surface area contributed by atoms with Gasteiger partial charge in [0, 0.05) is 39.0 Å². The maximum Gasteiger partial charge on any atom is 0.490 e. The highest BCUT2D eigenvalue weighted by Gasteiger charge is 2.43. The largest absolute Gasteiger partial charge is 0.490 e. The van der Waals surface area contributed by atoms with Crippen molar-refractivity contribution in [3.8, 4) is 0 Å². The number of amides is 1. The summed E-state index contributed by atoms with van der Waals surface area (Å²) in [5.74, 6) is -0.869. The Hall–Kier alpha value is -2.86. The number of nitrogens with one attached hydrogen (secondary N) is 1. The van der Waals surface area contributed by atoms with E-state index >= 15 is 0 Å². The predicted octanol–water partition coefficient (Wildman–Crippen LogP) is 2.51. The van der Waals surface area contributed by atoms with Gasteiger partial charge < -0.3 is 19.6 Å². The molecule has 182 valence electrons. The number of aromatic nitrogens is 2. The first kappa shape index (κ1) is 24.8. The molecule has 0 saturated carbocycles. The van der Waals surface area contributed by atoms with Gasteiger partial charge in [-0.15, -0.1) is 0 Å². The van der Waals surface area contributed by atoms with Gasteiger partial charge in [-0.2, -0.15) is 18.3 Å². The van der Waals surface area contributed by atoms with Crippen LogP contribution >= 0.6 is 0 Å². The normalized spacial score (nSPS) is 23.2. The molecule has 0 radical (unpaired) electrons. The van der Waals surface area contributed by atoms with E-state index in [1.807, 2.05) is 26.1 Å². The number of carbonyl (C=O) groups excluding carboxylic acids is 1. The smallest absolute Gasteiger partial charge is 0.475 e. The molecule has 2 N–H and O–H groups in total. The maximum absolute atomic E-state index is 12.4. The fourth-order valence-electron chi connectivity index (χ4n) is 4.10. The summed E-state index contributed by atoms with van der Waals surface area (Å²) in [5, 5.41) is 14.4. The fourth-order valence-corrected chi connectivity index (χ4v) is 4.10. The number of aryl methyl sites for hydroxylation is 2. The minimum absolute atomic E-state index is 0.0546. The number of aliphatic carboxylic acids is 1. The molecule has 33 heavy (non-hydrogen) atoms. The molecule has 2 aromatic heterocycles. The molecule has 0 bridgehead atoms. The van der Waals surface area contributed by atoms with Gasteiger partial charge in [-0.05, 0) is 38.3 Å². The number of alkyl halides is 3. The molecule has 12 heteroatoms. The van der Waals surface area contributed by atoms with Crippen LogP contribution in [-0.4, -0.2) is 69.2 Å². The molecular weight excluding hydrogens is 445 g/mol. The second-order valence-corrected chi connectivity index (χ2v) is 8.37. The molecule has 0 aromatic carbocycles. The number of ether oxygens (including phenoxy) is 1. The third-order valence-corrected chi connectivity index (χ3v) is 5.61. The van der Waals surface area contributed by atoms with Crippen LogP contribution in [0, 0.1) is 6.92 Å². The van der Waals surface area contributed by atoms with E-state index in [1.165, 1.54) is 0 Å². The lowest BCUT2D eigenvalue weighted by atomic mass is 9.89. The van der Waals surface area contributed by atoms with Gasteiger partial charge in [0.2, 0.25) is 0 Å². The Labute approximate surface area is 188 Å². The van der Waals surface area contributed by atoms with Crippen LogP contribution in [0.1, 0.15) is 41.1 Å². The molecule has 0 aliphatic carbocycles. The summed E-state index contributed by atoms with van der Waals surface area (Å²) in [4.78, 5) is 23.7. The van der Waals surface area contributed by atoms with Crippen LogP contribution in [0.2, 0.25) is 0 Å². The molecule has 4 heterocycles. The van der Waals surface area contributed by atoms with E-state index in [0.29, 0.717) is 12.2 Å². The maximum atomic E-state index is 12.4. The van der Waals surface area contributed by atoms with Crippen LogP contribution in [0.4, 0.5) is 13.2 Å². The van der Waals surface area contributed by atoms with E-state index in [1.54, 1.807) is 17.1 Å². The van der Waals surface area contributed by atoms with Gasteiger partial charge in [0.1, 0.15) is 11.5 Å². The Morgan fingerprint density at radius 1 is 1.36 bits per heavy atom. The Morgan fingerprint density at radius 3 is 2.67 bits per heavy atom. The summed E-state index contributed by atoms with van der Waals surface area (Å²) < 4.78 is 45.3. The number of carboxylic acid groups (broad SMARTS) is 1. The highest BCUT2D eigenvalue weighted by atomic mass is 19.4. The molecule has 4 rings (SSSR count). The number of carbonyl (C=O) groups is 2. The van der Waals surface area contributed by atoms with Crippen molar-refractivity contribution in [3.63, 3.8) is 0 Å². The number of carboxylic acids is 1. The van der Waals surface area contributed by atoms with Crippen LogP contribution in [0.5, 0.6) is 0 Å². The molecule has 2 saturated heterocycles.